The van der Waals surface area contributed by atoms with Gasteiger partial charge in [0.25, 0.3) is 0 Å². The Hall–Kier alpha value is -2.57. The van der Waals surface area contributed by atoms with E-state index in [0.29, 0.717) is 12.1 Å². The van der Waals surface area contributed by atoms with Crippen molar-refractivity contribution in [2.24, 2.45) is 15.9 Å². The molecule has 2 saturated heterocycles. The van der Waals surface area contributed by atoms with Gasteiger partial charge in [-0.15, -0.1) is 5.73 Å². The van der Waals surface area contributed by atoms with Gasteiger partial charge in [0.2, 0.25) is 0 Å². The highest BCUT2D eigenvalue weighted by Gasteiger charge is 2.57. The van der Waals surface area contributed by atoms with Gasteiger partial charge in [0.1, 0.15) is 6.10 Å². The lowest BCUT2D eigenvalue weighted by molar-refractivity contribution is -0.112. The topological polar surface area (TPSA) is 92.5 Å². The van der Waals surface area contributed by atoms with Crippen molar-refractivity contribution in [2.75, 3.05) is 6.61 Å². The second-order valence-electron chi connectivity index (χ2n) is 11.7. The second kappa shape index (κ2) is 11.3. The lowest BCUT2D eigenvalue weighted by atomic mass is 9.78. The molecule has 0 aromatic rings. The number of fused-ring (bicyclic) bond motifs is 1. The predicted octanol–water partition coefficient (Wildman–Crippen LogP) is 5.27. The molecule has 0 aromatic carbocycles. The molecule has 4 fully saturated rings. The number of carbonyl (C=O) groups excluding carboxylic acids is 1. The maximum absolute atomic E-state index is 12.5. The summed E-state index contributed by atoms with van der Waals surface area (Å²) in [5, 5.41) is 13.1. The van der Waals surface area contributed by atoms with Crippen LogP contribution in [0.2, 0.25) is 0 Å². The van der Waals surface area contributed by atoms with Crippen LogP contribution in [0.3, 0.4) is 0 Å². The van der Waals surface area contributed by atoms with Gasteiger partial charge in [0, 0.05) is 12.0 Å². The van der Waals surface area contributed by atoms with E-state index in [1.54, 1.807) is 12.4 Å². The van der Waals surface area contributed by atoms with Gasteiger partial charge >= 0.3 is 6.03 Å². The van der Waals surface area contributed by atoms with Crippen LogP contribution in [0.1, 0.15) is 77.0 Å². The summed E-state index contributed by atoms with van der Waals surface area (Å²) in [6.45, 7) is -0.0302. The van der Waals surface area contributed by atoms with Gasteiger partial charge in [-0.2, -0.15) is 4.99 Å². The number of hydrogen-bond donors (Lipinski definition) is 2. The minimum atomic E-state index is -0.304. The molecule has 0 aromatic heterocycles. The number of carbonyl (C=O) groups is 1. The lowest BCUT2D eigenvalue weighted by Crippen LogP contribution is -2.36. The molecule has 6 rings (SSSR count). The summed E-state index contributed by atoms with van der Waals surface area (Å²) < 4.78 is 13.1. The van der Waals surface area contributed by atoms with E-state index in [0.717, 1.165) is 61.7 Å². The quantitative estimate of drug-likeness (QED) is 0.392. The van der Waals surface area contributed by atoms with Crippen molar-refractivity contribution in [2.45, 2.75) is 107 Å². The molecule has 6 aliphatic rings. The zero-order valence-corrected chi connectivity index (χ0v) is 22.1. The van der Waals surface area contributed by atoms with Gasteiger partial charge in [-0.1, -0.05) is 50.7 Å². The van der Waals surface area contributed by atoms with Crippen molar-refractivity contribution < 1.29 is 19.4 Å². The van der Waals surface area contributed by atoms with Gasteiger partial charge < -0.3 is 19.9 Å². The monoisotopic (exact) mass is 517 g/mol. The molecule has 4 atom stereocenters. The summed E-state index contributed by atoms with van der Waals surface area (Å²) in [5.41, 5.74) is 6.85. The van der Waals surface area contributed by atoms with Crippen molar-refractivity contribution in [1.82, 2.24) is 5.32 Å². The maximum atomic E-state index is 12.5. The Bertz CT molecular complexity index is 1140. The van der Waals surface area contributed by atoms with Crippen molar-refractivity contribution in [3.63, 3.8) is 0 Å². The normalized spacial score (nSPS) is 32.7. The second-order valence-corrected chi connectivity index (χ2v) is 11.7. The molecule has 2 saturated carbocycles. The Morgan fingerprint density at radius 1 is 1.21 bits per heavy atom. The molecule has 0 bridgehead atoms. The number of ether oxygens (including phenoxy) is 2. The Balaban J connectivity index is 1.22. The molecule has 1 spiro atoms. The molecule has 3 aliphatic heterocycles. The van der Waals surface area contributed by atoms with Crippen LogP contribution in [-0.2, 0) is 9.47 Å². The molecule has 38 heavy (non-hydrogen) atoms. The Kier molecular flexibility index (Phi) is 7.62. The average molecular weight is 518 g/mol. The predicted molar refractivity (Wildman–Crippen MR) is 147 cm³/mol. The van der Waals surface area contributed by atoms with Gasteiger partial charge in [-0.25, -0.2) is 9.79 Å². The van der Waals surface area contributed by atoms with Gasteiger partial charge in [0.05, 0.1) is 42.5 Å². The summed E-state index contributed by atoms with van der Waals surface area (Å²) >= 11 is 0. The van der Waals surface area contributed by atoms with Crippen molar-refractivity contribution >= 4 is 18.0 Å². The number of urea groups is 1. The highest BCUT2D eigenvalue weighted by molar-refractivity contribution is 6.40. The first-order valence-electron chi connectivity index (χ1n) is 14.5. The molecule has 202 valence electrons. The number of hydrogen-bond acceptors (Lipinski definition) is 5. The van der Waals surface area contributed by atoms with Crippen molar-refractivity contribution in [1.29, 1.82) is 0 Å². The number of aliphatic hydroxyl groups is 1. The van der Waals surface area contributed by atoms with E-state index >= 15 is 0 Å². The number of nitrogens with zero attached hydrogens (tertiary/aromatic N) is 2. The summed E-state index contributed by atoms with van der Waals surface area (Å²) in [4.78, 5) is 21.2. The van der Waals surface area contributed by atoms with Crippen LogP contribution in [0, 0.1) is 5.92 Å². The SMILES string of the molecule is O=C(N=CC1=NC=C=CC2=C1CC=CC(C1OC(CO)C3OC4(CCCCC4)CC13)=C2)NC1CCCCC1. The fraction of sp³-hybridized carbons (Fsp3) is 0.613. The molecule has 0 radical (unpaired) electrons. The van der Waals surface area contributed by atoms with Crippen LogP contribution >= 0.6 is 0 Å². The lowest BCUT2D eigenvalue weighted by Gasteiger charge is -2.35. The van der Waals surface area contributed by atoms with E-state index in [4.69, 9.17) is 9.47 Å². The highest BCUT2D eigenvalue weighted by atomic mass is 16.6. The van der Waals surface area contributed by atoms with Crippen LogP contribution in [0.25, 0.3) is 0 Å². The number of aliphatic imine (C=N–C) groups is 2. The van der Waals surface area contributed by atoms with Gasteiger partial charge in [0.15, 0.2) is 0 Å². The van der Waals surface area contributed by atoms with Crippen molar-refractivity contribution in [3.8, 4) is 0 Å². The fourth-order valence-corrected chi connectivity index (χ4v) is 7.26. The number of amides is 2. The first-order valence-corrected chi connectivity index (χ1v) is 14.5. The number of allylic oxidation sites excluding steroid dienone is 5. The van der Waals surface area contributed by atoms with Crippen LogP contribution in [-0.4, -0.2) is 59.6 Å². The summed E-state index contributed by atoms with van der Waals surface area (Å²) in [7, 11) is 0. The third-order valence-corrected chi connectivity index (χ3v) is 9.13. The minimum Gasteiger partial charge on any atom is -0.394 e. The van der Waals surface area contributed by atoms with Gasteiger partial charge in [-0.05, 0) is 67.4 Å². The average Bonchev–Trinajstić information content (AvgIpc) is 3.26. The molecule has 2 amide bonds. The highest BCUT2D eigenvalue weighted by Crippen LogP contribution is 2.52. The zero-order valence-electron chi connectivity index (χ0n) is 22.1. The molecule has 2 N–H and O–H groups in total. The number of rotatable bonds is 4. The Morgan fingerprint density at radius 2 is 2.03 bits per heavy atom. The molecule has 7 heteroatoms. The summed E-state index contributed by atoms with van der Waals surface area (Å²) in [6, 6.07) is -0.0842. The molecular weight excluding hydrogens is 478 g/mol. The molecule has 7 nitrogen and oxygen atoms in total. The third kappa shape index (κ3) is 5.30. The Morgan fingerprint density at radius 3 is 2.84 bits per heavy atom. The minimum absolute atomic E-state index is 0.0302. The Labute approximate surface area is 225 Å². The maximum Gasteiger partial charge on any atom is 0.341 e. The van der Waals surface area contributed by atoms with Gasteiger partial charge in [-0.3, -0.25) is 0 Å². The smallest absolute Gasteiger partial charge is 0.341 e. The molecule has 3 heterocycles. The van der Waals surface area contributed by atoms with Crippen LogP contribution in [0.4, 0.5) is 4.79 Å². The van der Waals surface area contributed by atoms with E-state index in [2.05, 4.69) is 39.3 Å². The van der Waals surface area contributed by atoms with E-state index in [9.17, 15) is 9.90 Å². The zero-order chi connectivity index (χ0) is 26.0. The largest absolute Gasteiger partial charge is 0.394 e. The van der Waals surface area contributed by atoms with E-state index in [-0.39, 0.29) is 48.5 Å². The van der Waals surface area contributed by atoms with Crippen molar-refractivity contribution in [3.05, 3.63) is 53.0 Å². The van der Waals surface area contributed by atoms with E-state index < -0.39 is 0 Å². The third-order valence-electron chi connectivity index (χ3n) is 9.13. The van der Waals surface area contributed by atoms with Crippen LogP contribution in [0.15, 0.2) is 62.9 Å². The molecule has 3 aliphatic carbocycles. The number of aliphatic hydroxyl groups excluding tert-OH is 1. The van der Waals surface area contributed by atoms with E-state index in [1.165, 1.54) is 25.7 Å². The van der Waals surface area contributed by atoms with Crippen LogP contribution < -0.4 is 5.32 Å². The molecular formula is C31H39N3O4. The number of nitrogens with one attached hydrogen (secondary N) is 1. The first-order chi connectivity index (χ1) is 18.6. The summed E-state index contributed by atoms with van der Waals surface area (Å²) in [5.74, 6) is 0.229. The molecule has 4 unspecified atom stereocenters. The fourth-order valence-electron chi connectivity index (χ4n) is 7.26. The van der Waals surface area contributed by atoms with E-state index in [1.807, 2.05) is 6.08 Å². The first kappa shape index (κ1) is 25.7. The summed E-state index contributed by atoms with van der Waals surface area (Å²) in [6.07, 6.45) is 24.3. The van der Waals surface area contributed by atoms with Crippen LogP contribution in [0.5, 0.6) is 0 Å². The standard InChI is InChI=1S/C31H39N3O4/c35-20-27-29-25(18-31(38-29)14-5-2-6-15-31)28(37-27)22-9-7-13-24-21(17-22)10-8-16-32-26(24)19-33-30(36)34-23-11-3-1-4-12-23/h7,9-10,16-17,19,23,25,27-29,35H,1-6,11-15,18,20H2,(H,34,36).